The van der Waals surface area contributed by atoms with E-state index in [4.69, 9.17) is 9.47 Å². The standard InChI is InChI=1S/C20H25NO3/c1-4-18(24-19-14-15(2)10-11-16(19)3)20(22)21-12-13-23-17-8-6-5-7-9-17/h5-11,14,18H,4,12-13H2,1-3H3,(H,21,22)/t18-/m1/s1. The molecule has 0 bridgehead atoms. The fourth-order valence-electron chi connectivity index (χ4n) is 2.28. The van der Waals surface area contributed by atoms with Gasteiger partial charge in [0.2, 0.25) is 0 Å². The molecule has 0 aliphatic carbocycles. The number of nitrogens with one attached hydrogen (secondary N) is 1. The van der Waals surface area contributed by atoms with E-state index in [1.54, 1.807) is 0 Å². The molecule has 1 N–H and O–H groups in total. The first-order valence-electron chi connectivity index (χ1n) is 8.29. The van der Waals surface area contributed by atoms with Crippen LogP contribution in [-0.4, -0.2) is 25.2 Å². The highest BCUT2D eigenvalue weighted by molar-refractivity contribution is 5.81. The number of para-hydroxylation sites is 1. The van der Waals surface area contributed by atoms with Gasteiger partial charge in [-0.3, -0.25) is 4.79 Å². The van der Waals surface area contributed by atoms with Crippen molar-refractivity contribution in [1.82, 2.24) is 5.32 Å². The van der Waals surface area contributed by atoms with E-state index in [0.717, 1.165) is 22.6 Å². The Kier molecular flexibility index (Phi) is 6.67. The molecule has 4 nitrogen and oxygen atoms in total. The van der Waals surface area contributed by atoms with Crippen molar-refractivity contribution in [2.45, 2.75) is 33.3 Å². The van der Waals surface area contributed by atoms with Crippen LogP contribution in [0.3, 0.4) is 0 Å². The van der Waals surface area contributed by atoms with E-state index in [-0.39, 0.29) is 5.91 Å². The Bertz CT molecular complexity index is 655. The van der Waals surface area contributed by atoms with Gasteiger partial charge in [0.25, 0.3) is 5.91 Å². The van der Waals surface area contributed by atoms with E-state index in [1.165, 1.54) is 0 Å². The van der Waals surface area contributed by atoms with Crippen LogP contribution in [0.1, 0.15) is 24.5 Å². The summed E-state index contributed by atoms with van der Waals surface area (Å²) in [6.07, 6.45) is 0.112. The lowest BCUT2D eigenvalue weighted by atomic mass is 10.1. The van der Waals surface area contributed by atoms with Crippen LogP contribution in [0.15, 0.2) is 48.5 Å². The summed E-state index contributed by atoms with van der Waals surface area (Å²) >= 11 is 0. The summed E-state index contributed by atoms with van der Waals surface area (Å²) in [5.74, 6) is 1.44. The molecule has 1 amide bonds. The van der Waals surface area contributed by atoms with Gasteiger partial charge in [-0.15, -0.1) is 0 Å². The molecule has 0 radical (unpaired) electrons. The van der Waals surface area contributed by atoms with Crippen molar-refractivity contribution in [2.75, 3.05) is 13.2 Å². The Morgan fingerprint density at radius 2 is 1.88 bits per heavy atom. The van der Waals surface area contributed by atoms with Crippen molar-refractivity contribution in [1.29, 1.82) is 0 Å². The van der Waals surface area contributed by atoms with E-state index in [2.05, 4.69) is 5.32 Å². The minimum atomic E-state index is -0.498. The molecule has 0 aliphatic heterocycles. The number of rotatable bonds is 8. The Morgan fingerprint density at radius 1 is 1.12 bits per heavy atom. The van der Waals surface area contributed by atoms with Crippen LogP contribution < -0.4 is 14.8 Å². The SMILES string of the molecule is CC[C@@H](Oc1cc(C)ccc1C)C(=O)NCCOc1ccccc1. The zero-order chi connectivity index (χ0) is 17.4. The monoisotopic (exact) mass is 327 g/mol. The molecule has 0 saturated heterocycles. The lowest BCUT2D eigenvalue weighted by molar-refractivity contribution is -0.128. The second kappa shape index (κ2) is 8.96. The summed E-state index contributed by atoms with van der Waals surface area (Å²) in [6.45, 7) is 6.80. The van der Waals surface area contributed by atoms with Gasteiger partial charge in [0.15, 0.2) is 6.10 Å². The largest absolute Gasteiger partial charge is 0.492 e. The summed E-state index contributed by atoms with van der Waals surface area (Å²) in [5, 5.41) is 2.87. The highest BCUT2D eigenvalue weighted by Crippen LogP contribution is 2.21. The van der Waals surface area contributed by atoms with Crippen LogP contribution >= 0.6 is 0 Å². The van der Waals surface area contributed by atoms with Crippen LogP contribution in [0.25, 0.3) is 0 Å². The first-order chi connectivity index (χ1) is 11.6. The predicted molar refractivity (Wildman–Crippen MR) is 95.6 cm³/mol. The molecular formula is C20H25NO3. The minimum absolute atomic E-state index is 0.116. The molecule has 2 aromatic rings. The van der Waals surface area contributed by atoms with Gasteiger partial charge < -0.3 is 14.8 Å². The fourth-order valence-corrected chi connectivity index (χ4v) is 2.28. The number of aryl methyl sites for hydroxylation is 2. The van der Waals surface area contributed by atoms with E-state index < -0.39 is 6.10 Å². The molecule has 0 aromatic heterocycles. The van der Waals surface area contributed by atoms with Crippen LogP contribution in [0.2, 0.25) is 0 Å². The van der Waals surface area contributed by atoms with Gasteiger partial charge in [-0.05, 0) is 49.6 Å². The average Bonchev–Trinajstić information content (AvgIpc) is 2.60. The zero-order valence-corrected chi connectivity index (χ0v) is 14.5. The first kappa shape index (κ1) is 17.9. The van der Waals surface area contributed by atoms with E-state index >= 15 is 0 Å². The maximum Gasteiger partial charge on any atom is 0.261 e. The van der Waals surface area contributed by atoms with Gasteiger partial charge >= 0.3 is 0 Å². The summed E-state index contributed by atoms with van der Waals surface area (Å²) in [4.78, 5) is 12.3. The van der Waals surface area contributed by atoms with Gasteiger partial charge in [-0.2, -0.15) is 0 Å². The van der Waals surface area contributed by atoms with Gasteiger partial charge in [0, 0.05) is 0 Å². The number of carbonyl (C=O) groups excluding carboxylic acids is 1. The van der Waals surface area contributed by atoms with Crippen molar-refractivity contribution in [3.8, 4) is 11.5 Å². The number of amides is 1. The lowest BCUT2D eigenvalue weighted by Crippen LogP contribution is -2.39. The summed E-state index contributed by atoms with van der Waals surface area (Å²) in [6, 6.07) is 15.5. The molecule has 128 valence electrons. The van der Waals surface area contributed by atoms with Crippen LogP contribution in [-0.2, 0) is 4.79 Å². The summed E-state index contributed by atoms with van der Waals surface area (Å²) < 4.78 is 11.5. The highest BCUT2D eigenvalue weighted by atomic mass is 16.5. The molecule has 4 heteroatoms. The Labute approximate surface area is 143 Å². The Morgan fingerprint density at radius 3 is 2.58 bits per heavy atom. The highest BCUT2D eigenvalue weighted by Gasteiger charge is 2.18. The second-order valence-electron chi connectivity index (χ2n) is 5.74. The molecule has 2 rings (SSSR count). The van der Waals surface area contributed by atoms with Crippen molar-refractivity contribution in [3.05, 3.63) is 59.7 Å². The predicted octanol–water partition coefficient (Wildman–Crippen LogP) is 3.66. The van der Waals surface area contributed by atoms with Crippen molar-refractivity contribution < 1.29 is 14.3 Å². The zero-order valence-electron chi connectivity index (χ0n) is 14.5. The third kappa shape index (κ3) is 5.30. The van der Waals surface area contributed by atoms with Crippen molar-refractivity contribution >= 4 is 5.91 Å². The number of hydrogen-bond donors (Lipinski definition) is 1. The number of carbonyl (C=O) groups is 1. The van der Waals surface area contributed by atoms with E-state index in [1.807, 2.05) is 69.3 Å². The van der Waals surface area contributed by atoms with E-state index in [9.17, 15) is 4.79 Å². The van der Waals surface area contributed by atoms with E-state index in [0.29, 0.717) is 19.6 Å². The van der Waals surface area contributed by atoms with Gasteiger partial charge in [0.1, 0.15) is 18.1 Å². The molecular weight excluding hydrogens is 302 g/mol. The fraction of sp³-hybridized carbons (Fsp3) is 0.350. The molecule has 0 spiro atoms. The molecule has 0 unspecified atom stereocenters. The molecule has 1 atom stereocenters. The molecule has 0 fully saturated rings. The molecule has 24 heavy (non-hydrogen) atoms. The third-order valence-corrected chi connectivity index (χ3v) is 3.69. The lowest BCUT2D eigenvalue weighted by Gasteiger charge is -2.19. The third-order valence-electron chi connectivity index (χ3n) is 3.69. The maximum atomic E-state index is 12.3. The first-order valence-corrected chi connectivity index (χ1v) is 8.29. The Hall–Kier alpha value is -2.49. The molecule has 0 heterocycles. The second-order valence-corrected chi connectivity index (χ2v) is 5.74. The van der Waals surface area contributed by atoms with Crippen molar-refractivity contribution in [2.24, 2.45) is 0 Å². The molecule has 0 aliphatic rings. The minimum Gasteiger partial charge on any atom is -0.492 e. The number of hydrogen-bond acceptors (Lipinski definition) is 3. The van der Waals surface area contributed by atoms with Crippen molar-refractivity contribution in [3.63, 3.8) is 0 Å². The van der Waals surface area contributed by atoms with Crippen LogP contribution in [0.5, 0.6) is 11.5 Å². The molecule has 2 aromatic carbocycles. The summed E-state index contributed by atoms with van der Waals surface area (Å²) in [5.41, 5.74) is 2.14. The number of ether oxygens (including phenoxy) is 2. The van der Waals surface area contributed by atoms with Crippen LogP contribution in [0, 0.1) is 13.8 Å². The van der Waals surface area contributed by atoms with Gasteiger partial charge in [0.05, 0.1) is 6.54 Å². The van der Waals surface area contributed by atoms with Gasteiger partial charge in [-0.1, -0.05) is 37.3 Å². The number of benzene rings is 2. The average molecular weight is 327 g/mol. The summed E-state index contributed by atoms with van der Waals surface area (Å²) in [7, 11) is 0. The Balaban J connectivity index is 1.81. The quantitative estimate of drug-likeness (QED) is 0.753. The normalized spacial score (nSPS) is 11.6. The van der Waals surface area contributed by atoms with Gasteiger partial charge in [-0.25, -0.2) is 0 Å². The van der Waals surface area contributed by atoms with Crippen LogP contribution in [0.4, 0.5) is 0 Å². The topological polar surface area (TPSA) is 47.6 Å². The molecule has 0 saturated carbocycles. The smallest absolute Gasteiger partial charge is 0.261 e. The maximum absolute atomic E-state index is 12.3.